The summed E-state index contributed by atoms with van der Waals surface area (Å²) in [6, 6.07) is 20.7. The number of nitrogens with zero attached hydrogens (tertiary/aromatic N) is 8. The van der Waals surface area contributed by atoms with Gasteiger partial charge in [-0.25, -0.2) is 0 Å². The van der Waals surface area contributed by atoms with Crippen LogP contribution in [0.25, 0.3) is 21.8 Å². The predicted molar refractivity (Wildman–Crippen MR) is 177 cm³/mol. The molecule has 238 valence electrons. The first kappa shape index (κ1) is 32.2. The third-order valence-corrected chi connectivity index (χ3v) is 8.17. The van der Waals surface area contributed by atoms with E-state index in [1.54, 1.807) is 9.13 Å². The number of carbonyl (C=O) groups excluding carboxylic acids is 2. The summed E-state index contributed by atoms with van der Waals surface area (Å²) in [6.07, 6.45) is 0. The van der Waals surface area contributed by atoms with E-state index < -0.39 is 11.8 Å². The summed E-state index contributed by atoms with van der Waals surface area (Å²) in [5, 5.41) is 39.4. The van der Waals surface area contributed by atoms with Crippen LogP contribution >= 0.6 is 0 Å². The molecule has 0 saturated carbocycles. The number of hydrogen-bond donors (Lipinski definition) is 2. The lowest BCUT2D eigenvalue weighted by atomic mass is 10.1. The number of aromatic nitrogens is 2. The first-order valence-corrected chi connectivity index (χ1v) is 15.4. The molecule has 0 radical (unpaired) electrons. The standard InChI is InChI=1S/C34H38N8O4/c1-5-39(6-2)21-41-27-15-11-9-13-25(27)29(33(41)45)35-37-31(43)23-17-19-24(20-18-23)32(44)38-36-30-26-14-10-12-16-28(26)42(34(30)46)22-40(7-3)8-4/h9-20,45-46H,5-8,21-22H2,1-4H3. The predicted octanol–water partition coefficient (Wildman–Crippen LogP) is 7.45. The van der Waals surface area contributed by atoms with Crippen molar-refractivity contribution in [2.75, 3.05) is 26.2 Å². The summed E-state index contributed by atoms with van der Waals surface area (Å²) < 4.78 is 3.50. The second kappa shape index (κ2) is 14.3. The van der Waals surface area contributed by atoms with E-state index in [1.807, 2.05) is 76.2 Å². The molecule has 2 amide bonds. The Bertz CT molecular complexity index is 1780. The Kier molecular flexibility index (Phi) is 9.99. The van der Waals surface area contributed by atoms with Crippen LogP contribution in [0.3, 0.4) is 0 Å². The van der Waals surface area contributed by atoms with Gasteiger partial charge in [0.05, 0.1) is 24.4 Å². The maximum absolute atomic E-state index is 12.9. The monoisotopic (exact) mass is 622 g/mol. The fourth-order valence-electron chi connectivity index (χ4n) is 5.34. The van der Waals surface area contributed by atoms with E-state index in [1.165, 1.54) is 24.3 Å². The molecule has 0 bridgehead atoms. The zero-order chi connectivity index (χ0) is 32.8. The molecule has 5 aromatic rings. The molecular weight excluding hydrogens is 584 g/mol. The molecule has 0 aliphatic carbocycles. The van der Waals surface area contributed by atoms with Gasteiger partial charge in [0.15, 0.2) is 11.4 Å². The molecule has 3 aromatic carbocycles. The summed E-state index contributed by atoms with van der Waals surface area (Å²) in [4.78, 5) is 30.1. The van der Waals surface area contributed by atoms with Crippen molar-refractivity contribution in [2.24, 2.45) is 20.5 Å². The number of rotatable bonds is 12. The van der Waals surface area contributed by atoms with Crippen molar-refractivity contribution in [3.8, 4) is 11.8 Å². The smallest absolute Gasteiger partial charge is 0.295 e. The first-order valence-electron chi connectivity index (χ1n) is 15.4. The Balaban J connectivity index is 1.33. The van der Waals surface area contributed by atoms with Crippen LogP contribution in [-0.4, -0.2) is 67.1 Å². The van der Waals surface area contributed by atoms with Crippen molar-refractivity contribution >= 4 is 45.0 Å². The SMILES string of the molecule is CCN(CC)Cn1c(O)c(N=NC(=O)c2ccc(C(=O)N=Nc3c(O)n(CN(CC)CC)c4ccccc34)cc2)c2ccccc21. The highest BCUT2D eigenvalue weighted by molar-refractivity contribution is 6.00. The number of amides is 2. The normalized spacial score (nSPS) is 12.1. The molecule has 0 fully saturated rings. The zero-order valence-corrected chi connectivity index (χ0v) is 26.5. The number of carbonyl (C=O) groups is 2. The first-order chi connectivity index (χ1) is 22.3. The molecule has 46 heavy (non-hydrogen) atoms. The Labute approximate surface area is 266 Å². The molecule has 2 N–H and O–H groups in total. The summed E-state index contributed by atoms with van der Waals surface area (Å²) in [5.74, 6) is -1.41. The fourth-order valence-corrected chi connectivity index (χ4v) is 5.34. The van der Waals surface area contributed by atoms with Crippen molar-refractivity contribution < 1.29 is 19.8 Å². The van der Waals surface area contributed by atoms with Gasteiger partial charge < -0.3 is 10.2 Å². The number of azo groups is 2. The molecule has 2 aromatic heterocycles. The van der Waals surface area contributed by atoms with Gasteiger partial charge in [0.2, 0.25) is 11.8 Å². The molecule has 2 heterocycles. The lowest BCUT2D eigenvalue weighted by Gasteiger charge is -2.19. The highest BCUT2D eigenvalue weighted by Crippen LogP contribution is 2.40. The number of fused-ring (bicyclic) bond motifs is 2. The van der Waals surface area contributed by atoms with Gasteiger partial charge in [-0.05, 0) is 62.6 Å². The Morgan fingerprint density at radius 1 is 0.587 bits per heavy atom. The van der Waals surface area contributed by atoms with Crippen LogP contribution in [0.2, 0.25) is 0 Å². The van der Waals surface area contributed by atoms with Crippen LogP contribution < -0.4 is 0 Å². The summed E-state index contributed by atoms with van der Waals surface area (Å²) in [5.41, 5.74) is 2.41. The van der Waals surface area contributed by atoms with Crippen LogP contribution in [0, 0.1) is 0 Å². The van der Waals surface area contributed by atoms with Crippen LogP contribution in [-0.2, 0) is 13.3 Å². The minimum Gasteiger partial charge on any atom is -0.493 e. The van der Waals surface area contributed by atoms with E-state index >= 15 is 0 Å². The maximum atomic E-state index is 12.9. The van der Waals surface area contributed by atoms with Gasteiger partial charge in [0.25, 0.3) is 11.8 Å². The summed E-state index contributed by atoms with van der Waals surface area (Å²) in [7, 11) is 0. The lowest BCUT2D eigenvalue weighted by molar-refractivity contribution is 0.0983. The summed E-state index contributed by atoms with van der Waals surface area (Å²) >= 11 is 0. The molecule has 0 aliphatic rings. The van der Waals surface area contributed by atoms with E-state index in [2.05, 4.69) is 30.3 Å². The van der Waals surface area contributed by atoms with Gasteiger partial charge in [-0.1, -0.05) is 64.1 Å². The van der Waals surface area contributed by atoms with Crippen LogP contribution in [0.4, 0.5) is 11.4 Å². The Morgan fingerprint density at radius 3 is 1.28 bits per heavy atom. The van der Waals surface area contributed by atoms with Gasteiger partial charge in [0.1, 0.15) is 0 Å². The van der Waals surface area contributed by atoms with Crippen LogP contribution in [0.1, 0.15) is 48.4 Å². The van der Waals surface area contributed by atoms with E-state index in [-0.39, 0.29) is 34.3 Å². The summed E-state index contributed by atoms with van der Waals surface area (Å²) in [6.45, 7) is 12.4. The van der Waals surface area contributed by atoms with Gasteiger partial charge in [-0.2, -0.15) is 0 Å². The molecule has 0 spiro atoms. The van der Waals surface area contributed by atoms with Crippen molar-refractivity contribution in [3.05, 3.63) is 83.9 Å². The average Bonchev–Trinajstić information content (AvgIpc) is 3.51. The number of aromatic hydroxyl groups is 2. The van der Waals surface area contributed by atoms with Crippen LogP contribution in [0.5, 0.6) is 11.8 Å². The highest BCUT2D eigenvalue weighted by Gasteiger charge is 2.20. The highest BCUT2D eigenvalue weighted by atomic mass is 16.3. The van der Waals surface area contributed by atoms with E-state index in [0.717, 1.165) is 37.2 Å². The van der Waals surface area contributed by atoms with E-state index in [0.29, 0.717) is 24.1 Å². The fraction of sp³-hybridized carbons (Fsp3) is 0.294. The van der Waals surface area contributed by atoms with Crippen molar-refractivity contribution in [3.63, 3.8) is 0 Å². The number of para-hydroxylation sites is 2. The molecule has 12 heteroatoms. The minimum absolute atomic E-state index is 0.0711. The molecule has 5 rings (SSSR count). The zero-order valence-electron chi connectivity index (χ0n) is 26.5. The van der Waals surface area contributed by atoms with Gasteiger partial charge >= 0.3 is 0 Å². The molecule has 0 saturated heterocycles. The minimum atomic E-state index is -0.633. The topological polar surface area (TPSA) is 140 Å². The molecular formula is C34H38N8O4. The van der Waals surface area contributed by atoms with Gasteiger partial charge in [-0.3, -0.25) is 28.5 Å². The van der Waals surface area contributed by atoms with Crippen molar-refractivity contribution in [2.45, 2.75) is 41.0 Å². The molecule has 0 atom stereocenters. The third kappa shape index (κ3) is 6.44. The molecule has 0 unspecified atom stereocenters. The van der Waals surface area contributed by atoms with E-state index in [4.69, 9.17) is 0 Å². The number of benzene rings is 3. The van der Waals surface area contributed by atoms with Gasteiger partial charge in [-0.15, -0.1) is 20.5 Å². The molecule has 0 aliphatic heterocycles. The number of hydrogen-bond acceptors (Lipinski definition) is 8. The maximum Gasteiger partial charge on any atom is 0.295 e. The lowest BCUT2D eigenvalue weighted by Crippen LogP contribution is -2.25. The van der Waals surface area contributed by atoms with E-state index in [9.17, 15) is 19.8 Å². The van der Waals surface area contributed by atoms with Crippen molar-refractivity contribution in [1.82, 2.24) is 18.9 Å². The quantitative estimate of drug-likeness (QED) is 0.138. The Morgan fingerprint density at radius 2 is 0.935 bits per heavy atom. The van der Waals surface area contributed by atoms with Crippen molar-refractivity contribution in [1.29, 1.82) is 0 Å². The molecule has 12 nitrogen and oxygen atoms in total. The average molecular weight is 623 g/mol. The Hall–Kier alpha value is -5.20. The second-order valence-corrected chi connectivity index (χ2v) is 10.7. The largest absolute Gasteiger partial charge is 0.493 e. The van der Waals surface area contributed by atoms with Crippen LogP contribution in [0.15, 0.2) is 93.3 Å². The second-order valence-electron chi connectivity index (χ2n) is 10.7. The van der Waals surface area contributed by atoms with Gasteiger partial charge in [0, 0.05) is 21.9 Å². The third-order valence-electron chi connectivity index (χ3n) is 8.17.